The third-order valence-corrected chi connectivity index (χ3v) is 9.47. The number of urea groups is 1. The first kappa shape index (κ1) is 35.5. The predicted octanol–water partition coefficient (Wildman–Crippen LogP) is 8.35. The van der Waals surface area contributed by atoms with Gasteiger partial charge in [0.2, 0.25) is 5.75 Å². The van der Waals surface area contributed by atoms with Crippen LogP contribution in [-0.2, 0) is 11.2 Å². The maximum Gasteiger partial charge on any atom is 0.345 e. The van der Waals surface area contributed by atoms with Crippen molar-refractivity contribution in [2.75, 3.05) is 35.0 Å². The molecule has 2 amide bonds. The fraction of sp³-hybridized carbons (Fsp3) is 0.417. The van der Waals surface area contributed by atoms with Crippen LogP contribution < -0.4 is 29.0 Å². The normalized spacial score (nSPS) is 18.0. The smallest absolute Gasteiger partial charge is 0.345 e. The Bertz CT molecular complexity index is 1560. The van der Waals surface area contributed by atoms with Crippen molar-refractivity contribution in [1.29, 1.82) is 0 Å². The summed E-state index contributed by atoms with van der Waals surface area (Å²) in [5.41, 5.74) is 2.49. The average molecular weight is 699 g/mol. The van der Waals surface area contributed by atoms with Crippen LogP contribution in [0, 0.1) is 5.92 Å². The van der Waals surface area contributed by atoms with Crippen LogP contribution in [0.4, 0.5) is 4.79 Å². The summed E-state index contributed by atoms with van der Waals surface area (Å²) < 4.78 is 35.6. The Morgan fingerprint density at radius 2 is 1.52 bits per heavy atom. The van der Waals surface area contributed by atoms with Crippen molar-refractivity contribution in [2.45, 2.75) is 61.6 Å². The van der Waals surface area contributed by atoms with Crippen LogP contribution in [0.3, 0.4) is 0 Å². The number of benzene rings is 3. The van der Waals surface area contributed by atoms with Crippen molar-refractivity contribution in [3.05, 3.63) is 82.5 Å². The summed E-state index contributed by atoms with van der Waals surface area (Å²) in [4.78, 5) is 13.4. The maximum atomic E-state index is 12.3. The highest BCUT2D eigenvalue weighted by Gasteiger charge is 2.31. The second-order valence-electron chi connectivity index (χ2n) is 11.7. The lowest BCUT2D eigenvalue weighted by atomic mass is 9.99. The molecule has 1 heterocycles. The number of hydrogen-bond acceptors (Lipinski definition) is 9. The van der Waals surface area contributed by atoms with Gasteiger partial charge >= 0.3 is 6.03 Å². The number of methoxy groups -OCH3 is 4. The van der Waals surface area contributed by atoms with E-state index in [0.29, 0.717) is 52.7 Å². The number of allylic oxidation sites excluding steroid dienone is 1. The molecule has 3 aromatic carbocycles. The minimum Gasteiger partial charge on any atom is -0.493 e. The predicted molar refractivity (Wildman–Crippen MR) is 185 cm³/mol. The second kappa shape index (κ2) is 16.6. The van der Waals surface area contributed by atoms with Gasteiger partial charge in [0.05, 0.1) is 47.2 Å². The van der Waals surface area contributed by atoms with Gasteiger partial charge in [0.25, 0.3) is 0 Å². The van der Waals surface area contributed by atoms with E-state index < -0.39 is 6.03 Å². The standard InChI is InChI=1S/C36H43ClN2O8S/c1-22(48-28-12-10-27(37)11-13-28)46-34-24(7-6-16-38-36(40)39(41)21-23-8-9-23)17-25(18-31(34)42-2)29-14-15-30(47-29)26-19-32(43-3)35(45-5)33(20-26)44-4/h6,10-13,16-20,22-23,29-30,41H,7-9,14-15,21H2,1-5H3,(H,38,40)/b16-6+. The summed E-state index contributed by atoms with van der Waals surface area (Å²) in [6, 6.07) is 14.9. The van der Waals surface area contributed by atoms with Crippen LogP contribution in [-0.4, -0.2) is 56.7 Å². The van der Waals surface area contributed by atoms with Crippen molar-refractivity contribution in [1.82, 2.24) is 10.4 Å². The number of amides is 2. The van der Waals surface area contributed by atoms with Crippen LogP contribution >= 0.6 is 23.4 Å². The van der Waals surface area contributed by atoms with Gasteiger partial charge in [-0.25, -0.2) is 9.86 Å². The molecule has 10 nitrogen and oxygen atoms in total. The largest absolute Gasteiger partial charge is 0.493 e. The minimum atomic E-state index is -0.564. The first-order chi connectivity index (χ1) is 23.2. The first-order valence-electron chi connectivity index (χ1n) is 15.9. The molecular weight excluding hydrogens is 656 g/mol. The fourth-order valence-electron chi connectivity index (χ4n) is 5.63. The average Bonchev–Trinajstić information content (AvgIpc) is 3.77. The van der Waals surface area contributed by atoms with Crippen LogP contribution in [0.1, 0.15) is 61.5 Å². The van der Waals surface area contributed by atoms with Crippen molar-refractivity contribution >= 4 is 29.4 Å². The highest BCUT2D eigenvalue weighted by molar-refractivity contribution is 7.99. The second-order valence-corrected chi connectivity index (χ2v) is 13.5. The monoisotopic (exact) mass is 698 g/mol. The van der Waals surface area contributed by atoms with Gasteiger partial charge < -0.3 is 33.7 Å². The summed E-state index contributed by atoms with van der Waals surface area (Å²) in [5.74, 6) is 3.23. The molecule has 0 spiro atoms. The number of thioether (sulfide) groups is 1. The van der Waals surface area contributed by atoms with Crippen molar-refractivity contribution in [3.63, 3.8) is 0 Å². The minimum absolute atomic E-state index is 0.183. The number of nitrogens with zero attached hydrogens (tertiary/aromatic N) is 1. The molecule has 1 aliphatic heterocycles. The van der Waals surface area contributed by atoms with E-state index in [0.717, 1.165) is 52.3 Å². The highest BCUT2D eigenvalue weighted by Crippen LogP contribution is 2.48. The Balaban J connectivity index is 1.37. The molecule has 3 aromatic rings. The third kappa shape index (κ3) is 9.02. The molecular formula is C36H43ClN2O8S. The third-order valence-electron chi connectivity index (χ3n) is 8.25. The Kier molecular flexibility index (Phi) is 12.3. The van der Waals surface area contributed by atoms with Gasteiger partial charge in [0.15, 0.2) is 23.0 Å². The number of rotatable bonds is 15. The molecule has 1 saturated heterocycles. The van der Waals surface area contributed by atoms with Gasteiger partial charge in [-0.15, -0.1) is 0 Å². The molecule has 0 radical (unpaired) electrons. The Morgan fingerprint density at radius 1 is 0.938 bits per heavy atom. The first-order valence-corrected chi connectivity index (χ1v) is 17.2. The van der Waals surface area contributed by atoms with Gasteiger partial charge in [0, 0.05) is 21.7 Å². The van der Waals surface area contributed by atoms with Crippen LogP contribution in [0.15, 0.2) is 65.7 Å². The van der Waals surface area contributed by atoms with Crippen LogP contribution in [0.5, 0.6) is 28.7 Å². The number of ether oxygens (including phenoxy) is 6. The number of nitrogens with one attached hydrogen (secondary N) is 1. The van der Waals surface area contributed by atoms with E-state index in [4.69, 9.17) is 40.0 Å². The zero-order chi connectivity index (χ0) is 34.2. The molecule has 0 aromatic heterocycles. The van der Waals surface area contributed by atoms with E-state index in [1.54, 1.807) is 46.4 Å². The van der Waals surface area contributed by atoms with Crippen LogP contribution in [0.2, 0.25) is 5.02 Å². The Labute approximate surface area is 291 Å². The van der Waals surface area contributed by atoms with E-state index >= 15 is 0 Å². The molecule has 1 saturated carbocycles. The summed E-state index contributed by atoms with van der Waals surface area (Å²) in [6.45, 7) is 2.31. The van der Waals surface area contributed by atoms with E-state index in [1.165, 1.54) is 0 Å². The molecule has 2 aliphatic rings. The molecule has 1 aliphatic carbocycles. The molecule has 2 N–H and O–H groups in total. The fourth-order valence-corrected chi connectivity index (χ4v) is 6.58. The highest BCUT2D eigenvalue weighted by atomic mass is 35.5. The molecule has 2 fully saturated rings. The van der Waals surface area contributed by atoms with Crippen molar-refractivity contribution in [3.8, 4) is 28.7 Å². The number of hydroxylamine groups is 2. The summed E-state index contributed by atoms with van der Waals surface area (Å²) >= 11 is 7.64. The number of hydrogen-bond donors (Lipinski definition) is 2. The van der Waals surface area contributed by atoms with Gasteiger partial charge in [-0.2, -0.15) is 0 Å². The van der Waals surface area contributed by atoms with Gasteiger partial charge in [-0.3, -0.25) is 5.21 Å². The topological polar surface area (TPSA) is 108 Å². The summed E-state index contributed by atoms with van der Waals surface area (Å²) in [5, 5.41) is 14.1. The SMILES string of the molecule is COc1cc(C2CCC(c3cc(OC)c(OC)c(OC)c3)O2)cc(C/C=C/NC(=O)N(O)CC2CC2)c1OC(C)Sc1ccc(Cl)cc1. The molecule has 3 unspecified atom stereocenters. The Hall–Kier alpha value is -3.77. The quantitative estimate of drug-likeness (QED) is 0.0701. The van der Waals surface area contributed by atoms with E-state index in [1.807, 2.05) is 55.5 Å². The summed E-state index contributed by atoms with van der Waals surface area (Å²) in [7, 11) is 6.39. The maximum absolute atomic E-state index is 12.3. The van der Waals surface area contributed by atoms with Gasteiger partial charge in [-0.05, 0) is 105 Å². The Morgan fingerprint density at radius 3 is 2.08 bits per heavy atom. The van der Waals surface area contributed by atoms with E-state index in [9.17, 15) is 10.0 Å². The van der Waals surface area contributed by atoms with Gasteiger partial charge in [0.1, 0.15) is 5.44 Å². The molecule has 12 heteroatoms. The van der Waals surface area contributed by atoms with Crippen molar-refractivity contribution < 1.29 is 38.4 Å². The number of carbonyl (C=O) groups is 1. The van der Waals surface area contributed by atoms with Gasteiger partial charge in [-0.1, -0.05) is 29.4 Å². The lowest BCUT2D eigenvalue weighted by molar-refractivity contribution is -0.0453. The van der Waals surface area contributed by atoms with Crippen LogP contribution in [0.25, 0.3) is 0 Å². The molecule has 3 atom stereocenters. The lowest BCUT2D eigenvalue weighted by Crippen LogP contribution is -2.36. The zero-order valence-corrected chi connectivity index (χ0v) is 29.4. The number of carbonyl (C=O) groups excluding carboxylic acids is 1. The van der Waals surface area contributed by atoms with Crippen molar-refractivity contribution in [2.24, 2.45) is 5.92 Å². The molecule has 48 heavy (non-hydrogen) atoms. The molecule has 5 rings (SSSR count). The summed E-state index contributed by atoms with van der Waals surface area (Å²) in [6.07, 6.45) is 7.04. The zero-order valence-electron chi connectivity index (χ0n) is 27.9. The lowest BCUT2D eigenvalue weighted by Gasteiger charge is -2.22. The molecule has 0 bridgehead atoms. The van der Waals surface area contributed by atoms with E-state index in [2.05, 4.69) is 11.4 Å². The number of halogens is 1. The molecule has 258 valence electrons. The van der Waals surface area contributed by atoms with E-state index in [-0.39, 0.29) is 17.6 Å².